The van der Waals surface area contributed by atoms with Crippen molar-refractivity contribution in [2.24, 2.45) is 0 Å². The van der Waals surface area contributed by atoms with Gasteiger partial charge in [-0.25, -0.2) is 9.67 Å². The zero-order valence-electron chi connectivity index (χ0n) is 16.4. The maximum absolute atomic E-state index is 12.7. The third-order valence-electron chi connectivity index (χ3n) is 4.40. The Labute approximate surface area is 187 Å². The van der Waals surface area contributed by atoms with Gasteiger partial charge in [0.1, 0.15) is 24.4 Å². The van der Waals surface area contributed by atoms with Gasteiger partial charge in [0, 0.05) is 5.02 Å². The van der Waals surface area contributed by atoms with Crippen molar-refractivity contribution in [2.45, 2.75) is 20.1 Å². The van der Waals surface area contributed by atoms with Crippen LogP contribution in [0.5, 0.6) is 5.75 Å². The minimum atomic E-state index is -0.505. The topological polar surface area (TPSA) is 95.1 Å². The van der Waals surface area contributed by atoms with Crippen LogP contribution >= 0.6 is 23.2 Å². The van der Waals surface area contributed by atoms with Crippen LogP contribution in [0.4, 0.5) is 5.95 Å². The summed E-state index contributed by atoms with van der Waals surface area (Å²) in [6, 6.07) is 14.5. The summed E-state index contributed by atoms with van der Waals surface area (Å²) in [5, 5.41) is 11.9. The van der Waals surface area contributed by atoms with E-state index in [1.807, 2.05) is 18.2 Å². The smallest absolute Gasteiger partial charge is 0.280 e. The van der Waals surface area contributed by atoms with E-state index in [2.05, 4.69) is 20.6 Å². The Bertz CT molecular complexity index is 1220. The lowest BCUT2D eigenvalue weighted by atomic mass is 10.2. The van der Waals surface area contributed by atoms with E-state index in [1.54, 1.807) is 41.9 Å². The number of para-hydroxylation sites is 1. The monoisotopic (exact) mass is 457 g/mol. The Balaban J connectivity index is 1.43. The van der Waals surface area contributed by atoms with Gasteiger partial charge in [-0.3, -0.25) is 10.1 Å². The third-order valence-corrected chi connectivity index (χ3v) is 4.95. The van der Waals surface area contributed by atoms with Gasteiger partial charge >= 0.3 is 0 Å². The second-order valence-corrected chi connectivity index (χ2v) is 7.48. The predicted octanol–water partition coefficient (Wildman–Crippen LogP) is 4.76. The van der Waals surface area contributed by atoms with Crippen LogP contribution in [0, 0.1) is 6.92 Å². The highest BCUT2D eigenvalue weighted by Gasteiger charge is 2.22. The average molecular weight is 458 g/mol. The van der Waals surface area contributed by atoms with Crippen LogP contribution in [0.3, 0.4) is 0 Å². The van der Waals surface area contributed by atoms with E-state index in [0.29, 0.717) is 33.7 Å². The molecular formula is C21H17Cl2N5O3. The summed E-state index contributed by atoms with van der Waals surface area (Å²) in [5.74, 6) is 0.606. The summed E-state index contributed by atoms with van der Waals surface area (Å²) in [5.41, 5.74) is 1.56. The molecule has 10 heteroatoms. The van der Waals surface area contributed by atoms with Crippen LogP contribution in [0.1, 0.15) is 27.4 Å². The molecule has 2 aromatic carbocycles. The van der Waals surface area contributed by atoms with E-state index in [-0.39, 0.29) is 18.2 Å². The fraction of sp³-hybridized carbons (Fsp3) is 0.143. The number of amides is 1. The number of rotatable bonds is 7. The zero-order chi connectivity index (χ0) is 21.8. The minimum absolute atomic E-state index is 0.0679. The van der Waals surface area contributed by atoms with Crippen LogP contribution < -0.4 is 10.1 Å². The normalized spacial score (nSPS) is 10.8. The summed E-state index contributed by atoms with van der Waals surface area (Å²) >= 11 is 12.1. The van der Waals surface area contributed by atoms with Crippen LogP contribution in [-0.2, 0) is 13.2 Å². The SMILES string of the molecule is Cc1onc(C(=O)Nc2ncn(Cc3cccc(Cl)c3)n2)c1COc1ccccc1Cl. The summed E-state index contributed by atoms with van der Waals surface area (Å²) in [6.45, 7) is 2.23. The molecule has 8 nitrogen and oxygen atoms in total. The number of hydrogen-bond donors (Lipinski definition) is 1. The molecule has 0 aliphatic carbocycles. The Hall–Kier alpha value is -3.36. The number of aromatic nitrogens is 4. The van der Waals surface area contributed by atoms with E-state index in [4.69, 9.17) is 32.5 Å². The van der Waals surface area contributed by atoms with Crippen molar-refractivity contribution in [2.75, 3.05) is 5.32 Å². The Morgan fingerprint density at radius 2 is 2.03 bits per heavy atom. The Kier molecular flexibility index (Phi) is 6.20. The molecule has 0 saturated carbocycles. The first-order valence-corrected chi connectivity index (χ1v) is 10.0. The van der Waals surface area contributed by atoms with Gasteiger partial charge < -0.3 is 9.26 Å². The number of aryl methyl sites for hydroxylation is 1. The molecule has 0 radical (unpaired) electrons. The number of ether oxygens (including phenoxy) is 1. The van der Waals surface area contributed by atoms with Gasteiger partial charge in [0.05, 0.1) is 17.1 Å². The highest BCUT2D eigenvalue weighted by atomic mass is 35.5. The van der Waals surface area contributed by atoms with Crippen LogP contribution in [0.2, 0.25) is 10.0 Å². The van der Waals surface area contributed by atoms with Crippen molar-refractivity contribution in [3.05, 3.63) is 87.5 Å². The zero-order valence-corrected chi connectivity index (χ0v) is 17.9. The first-order chi connectivity index (χ1) is 15.0. The second-order valence-electron chi connectivity index (χ2n) is 6.63. The highest BCUT2D eigenvalue weighted by molar-refractivity contribution is 6.32. The molecule has 0 spiro atoms. The summed E-state index contributed by atoms with van der Waals surface area (Å²) < 4.78 is 12.5. The number of halogens is 2. The van der Waals surface area contributed by atoms with E-state index in [0.717, 1.165) is 5.56 Å². The van der Waals surface area contributed by atoms with Gasteiger partial charge in [-0.05, 0) is 36.8 Å². The molecule has 0 saturated heterocycles. The van der Waals surface area contributed by atoms with E-state index < -0.39 is 5.91 Å². The number of nitrogens with zero attached hydrogens (tertiary/aromatic N) is 4. The molecule has 1 N–H and O–H groups in total. The first kappa shape index (κ1) is 20.9. The standard InChI is InChI=1S/C21H17Cl2N5O3/c1-13-16(11-30-18-8-3-2-7-17(18)23)19(27-31-13)20(29)25-21-24-12-28(26-21)10-14-5-4-6-15(22)9-14/h2-9,12H,10-11H2,1H3,(H,25,26,29). The molecule has 4 aromatic rings. The lowest BCUT2D eigenvalue weighted by molar-refractivity contribution is 0.101. The van der Waals surface area contributed by atoms with Gasteiger partial charge in [-0.15, -0.1) is 5.10 Å². The molecule has 158 valence electrons. The average Bonchev–Trinajstić information content (AvgIpc) is 3.33. The molecule has 0 atom stereocenters. The molecular weight excluding hydrogens is 441 g/mol. The molecule has 4 rings (SSSR count). The Morgan fingerprint density at radius 1 is 1.19 bits per heavy atom. The molecule has 2 heterocycles. The van der Waals surface area contributed by atoms with Crippen LogP contribution in [0.25, 0.3) is 0 Å². The van der Waals surface area contributed by atoms with Crippen LogP contribution in [-0.4, -0.2) is 25.8 Å². The highest BCUT2D eigenvalue weighted by Crippen LogP contribution is 2.25. The predicted molar refractivity (Wildman–Crippen MR) is 116 cm³/mol. The van der Waals surface area contributed by atoms with Gasteiger partial charge in [0.15, 0.2) is 5.69 Å². The Morgan fingerprint density at radius 3 is 2.84 bits per heavy atom. The number of hydrogen-bond acceptors (Lipinski definition) is 6. The van der Waals surface area contributed by atoms with Crippen LogP contribution in [0.15, 0.2) is 59.4 Å². The first-order valence-electron chi connectivity index (χ1n) is 9.27. The van der Waals surface area contributed by atoms with Crippen molar-refractivity contribution < 1.29 is 14.1 Å². The maximum atomic E-state index is 12.7. The van der Waals surface area contributed by atoms with Gasteiger partial charge in [-0.2, -0.15) is 0 Å². The third kappa shape index (κ3) is 5.04. The molecule has 0 unspecified atom stereocenters. The number of carbonyl (C=O) groups is 1. The molecule has 0 aliphatic heterocycles. The van der Waals surface area contributed by atoms with E-state index in [1.165, 1.54) is 6.33 Å². The number of benzene rings is 2. The molecule has 0 fully saturated rings. The minimum Gasteiger partial charge on any atom is -0.487 e. The van der Waals surface area contributed by atoms with Crippen molar-refractivity contribution in [3.63, 3.8) is 0 Å². The quantitative estimate of drug-likeness (QED) is 0.429. The lowest BCUT2D eigenvalue weighted by Crippen LogP contribution is -2.16. The maximum Gasteiger partial charge on any atom is 0.280 e. The summed E-state index contributed by atoms with van der Waals surface area (Å²) in [7, 11) is 0. The van der Waals surface area contributed by atoms with Crippen molar-refractivity contribution in [1.82, 2.24) is 19.9 Å². The van der Waals surface area contributed by atoms with Crippen molar-refractivity contribution in [3.8, 4) is 5.75 Å². The molecule has 31 heavy (non-hydrogen) atoms. The van der Waals surface area contributed by atoms with Crippen molar-refractivity contribution in [1.29, 1.82) is 0 Å². The largest absolute Gasteiger partial charge is 0.487 e. The molecule has 2 aromatic heterocycles. The fourth-order valence-corrected chi connectivity index (χ4v) is 3.27. The number of nitrogens with one attached hydrogen (secondary N) is 1. The number of carbonyl (C=O) groups excluding carboxylic acids is 1. The van der Waals surface area contributed by atoms with Gasteiger partial charge in [0.2, 0.25) is 5.95 Å². The van der Waals surface area contributed by atoms with E-state index in [9.17, 15) is 4.79 Å². The summed E-state index contributed by atoms with van der Waals surface area (Å²) in [6.07, 6.45) is 1.52. The fourth-order valence-electron chi connectivity index (χ4n) is 2.86. The lowest BCUT2D eigenvalue weighted by Gasteiger charge is -2.07. The second kappa shape index (κ2) is 9.20. The van der Waals surface area contributed by atoms with Gasteiger partial charge in [0.25, 0.3) is 5.91 Å². The summed E-state index contributed by atoms with van der Waals surface area (Å²) in [4.78, 5) is 16.8. The molecule has 0 bridgehead atoms. The van der Waals surface area contributed by atoms with Crippen molar-refractivity contribution >= 4 is 35.1 Å². The molecule has 0 aliphatic rings. The van der Waals surface area contributed by atoms with E-state index >= 15 is 0 Å². The van der Waals surface area contributed by atoms with Gasteiger partial charge in [-0.1, -0.05) is 52.6 Å². The molecule has 1 amide bonds. The number of anilines is 1.